The van der Waals surface area contributed by atoms with Gasteiger partial charge in [-0.05, 0) is 33.4 Å². The lowest BCUT2D eigenvalue weighted by molar-refractivity contribution is -0.0431. The van der Waals surface area contributed by atoms with Crippen LogP contribution in [0.4, 0.5) is 0 Å². The van der Waals surface area contributed by atoms with E-state index in [-0.39, 0.29) is 0 Å². The Labute approximate surface area is 338 Å². The quantitative estimate of drug-likeness (QED) is 0.0403. The minimum absolute atomic E-state index is 0.415. The topological polar surface area (TPSA) is 64.6 Å². The summed E-state index contributed by atoms with van der Waals surface area (Å²) in [6.07, 6.45) is 0. The second-order valence-corrected chi connectivity index (χ2v) is 13.3. The van der Waals surface area contributed by atoms with Crippen LogP contribution in [0.2, 0.25) is 0 Å². The molecule has 0 aliphatic carbocycles. The van der Waals surface area contributed by atoms with Gasteiger partial charge >= 0.3 is 0 Å². The third kappa shape index (κ3) is 11.6. The highest BCUT2D eigenvalue weighted by molar-refractivity contribution is 5.48. The molecular formula is C50H54O7. The summed E-state index contributed by atoms with van der Waals surface area (Å²) < 4.78 is 42.4. The Bertz CT molecular complexity index is 1580. The van der Waals surface area contributed by atoms with E-state index in [9.17, 15) is 0 Å². The normalized spacial score (nSPS) is 11.8. The summed E-state index contributed by atoms with van der Waals surface area (Å²) in [7, 11) is 0. The van der Waals surface area contributed by atoms with Gasteiger partial charge in [-0.3, -0.25) is 0 Å². The Morgan fingerprint density at radius 3 is 0.544 bits per heavy atom. The van der Waals surface area contributed by atoms with Crippen LogP contribution in [0, 0.1) is 0 Å². The first-order valence-electron chi connectivity index (χ1n) is 19.8. The van der Waals surface area contributed by atoms with E-state index in [1.54, 1.807) is 0 Å². The lowest BCUT2D eigenvalue weighted by atomic mass is 9.80. The summed E-state index contributed by atoms with van der Waals surface area (Å²) in [5.74, 6) is 0. The summed E-state index contributed by atoms with van der Waals surface area (Å²) in [6, 6.07) is 62.1. The molecule has 7 heteroatoms. The Morgan fingerprint density at radius 1 is 0.211 bits per heavy atom. The molecule has 6 aromatic carbocycles. The van der Waals surface area contributed by atoms with Gasteiger partial charge in [0.1, 0.15) is 11.2 Å². The second kappa shape index (κ2) is 23.3. The van der Waals surface area contributed by atoms with Gasteiger partial charge in [-0.2, -0.15) is 0 Å². The summed E-state index contributed by atoms with van der Waals surface area (Å²) >= 11 is 0. The van der Waals surface area contributed by atoms with E-state index in [0.29, 0.717) is 79.3 Å². The van der Waals surface area contributed by atoms with Crippen molar-refractivity contribution in [2.75, 3.05) is 79.3 Å². The molecule has 0 amide bonds. The van der Waals surface area contributed by atoms with Crippen LogP contribution in [-0.2, 0) is 44.4 Å². The highest BCUT2D eigenvalue weighted by atomic mass is 16.6. The number of rotatable bonds is 26. The van der Waals surface area contributed by atoms with E-state index in [1.165, 1.54) is 0 Å². The molecule has 0 unspecified atom stereocenters. The van der Waals surface area contributed by atoms with Crippen molar-refractivity contribution in [2.24, 2.45) is 0 Å². The highest BCUT2D eigenvalue weighted by Crippen LogP contribution is 2.41. The van der Waals surface area contributed by atoms with Crippen molar-refractivity contribution in [3.05, 3.63) is 215 Å². The summed E-state index contributed by atoms with van der Waals surface area (Å²) in [5, 5.41) is 0. The molecule has 0 fully saturated rings. The van der Waals surface area contributed by atoms with Crippen LogP contribution in [0.5, 0.6) is 0 Å². The van der Waals surface area contributed by atoms with Crippen LogP contribution in [0.3, 0.4) is 0 Å². The van der Waals surface area contributed by atoms with Crippen LogP contribution in [0.15, 0.2) is 182 Å². The summed E-state index contributed by atoms with van der Waals surface area (Å²) in [6.45, 7) is 5.55. The standard InChI is InChI=1S/C50H54O7/c1-7-19-43(20-8-1)49(44-21-9-2-10-22-44,45-23-11-3-12-24-45)56-41-39-54-37-35-52-33-31-51-32-34-53-36-38-55-40-42-57-50(46-25-13-4-14-26-46,47-27-15-5-16-28-47)48-29-17-6-18-30-48/h1-30H,31-42H2. The molecule has 0 saturated carbocycles. The molecule has 0 N–H and O–H groups in total. The fourth-order valence-corrected chi connectivity index (χ4v) is 7.03. The Balaban J connectivity index is 0.821. The molecule has 6 rings (SSSR count). The van der Waals surface area contributed by atoms with Gasteiger partial charge in [0.15, 0.2) is 0 Å². The highest BCUT2D eigenvalue weighted by Gasteiger charge is 2.38. The Kier molecular flexibility index (Phi) is 17.0. The van der Waals surface area contributed by atoms with Crippen molar-refractivity contribution in [1.82, 2.24) is 0 Å². The third-order valence-electron chi connectivity index (χ3n) is 9.66. The van der Waals surface area contributed by atoms with Gasteiger partial charge in [0, 0.05) is 0 Å². The molecule has 0 aliphatic rings. The van der Waals surface area contributed by atoms with Crippen LogP contribution in [0.1, 0.15) is 33.4 Å². The molecule has 0 saturated heterocycles. The maximum Gasteiger partial charge on any atom is 0.143 e. The van der Waals surface area contributed by atoms with Crippen LogP contribution in [0.25, 0.3) is 0 Å². The zero-order valence-electron chi connectivity index (χ0n) is 32.7. The molecule has 0 heterocycles. The van der Waals surface area contributed by atoms with E-state index in [4.69, 9.17) is 33.2 Å². The summed E-state index contributed by atoms with van der Waals surface area (Å²) in [4.78, 5) is 0. The first-order chi connectivity index (χ1) is 28.3. The predicted molar refractivity (Wildman–Crippen MR) is 224 cm³/mol. The maximum absolute atomic E-state index is 6.76. The number of ether oxygens (including phenoxy) is 7. The largest absolute Gasteiger partial charge is 0.377 e. The van der Waals surface area contributed by atoms with Gasteiger partial charge in [-0.1, -0.05) is 182 Å². The van der Waals surface area contributed by atoms with E-state index in [1.807, 2.05) is 109 Å². The first kappa shape index (κ1) is 41.7. The average molecular weight is 767 g/mol. The van der Waals surface area contributed by atoms with Gasteiger partial charge < -0.3 is 33.2 Å². The van der Waals surface area contributed by atoms with E-state index in [2.05, 4.69) is 72.8 Å². The Hall–Kier alpha value is -4.96. The molecule has 0 bridgehead atoms. The van der Waals surface area contributed by atoms with Gasteiger partial charge in [0.05, 0.1) is 79.3 Å². The molecule has 0 radical (unpaired) electrons. The predicted octanol–water partition coefficient (Wildman–Crippen LogP) is 9.09. The molecule has 7 nitrogen and oxygen atoms in total. The monoisotopic (exact) mass is 766 g/mol. The van der Waals surface area contributed by atoms with Gasteiger partial charge in [0.25, 0.3) is 0 Å². The van der Waals surface area contributed by atoms with E-state index in [0.717, 1.165) is 33.4 Å². The van der Waals surface area contributed by atoms with Crippen LogP contribution >= 0.6 is 0 Å². The van der Waals surface area contributed by atoms with Crippen molar-refractivity contribution < 1.29 is 33.2 Å². The Morgan fingerprint density at radius 2 is 0.368 bits per heavy atom. The fraction of sp³-hybridized carbons (Fsp3) is 0.280. The van der Waals surface area contributed by atoms with Crippen molar-refractivity contribution in [2.45, 2.75) is 11.2 Å². The molecule has 0 aromatic heterocycles. The minimum atomic E-state index is -0.755. The van der Waals surface area contributed by atoms with Crippen molar-refractivity contribution in [1.29, 1.82) is 0 Å². The zero-order valence-corrected chi connectivity index (χ0v) is 32.7. The smallest absolute Gasteiger partial charge is 0.143 e. The molecule has 0 spiro atoms. The molecule has 0 aliphatic heterocycles. The average Bonchev–Trinajstić information content (AvgIpc) is 3.29. The fourth-order valence-electron chi connectivity index (χ4n) is 7.03. The molecule has 296 valence electrons. The first-order valence-corrected chi connectivity index (χ1v) is 19.8. The molecule has 57 heavy (non-hydrogen) atoms. The van der Waals surface area contributed by atoms with Crippen molar-refractivity contribution in [3.63, 3.8) is 0 Å². The van der Waals surface area contributed by atoms with Gasteiger partial charge in [0.2, 0.25) is 0 Å². The van der Waals surface area contributed by atoms with Crippen molar-refractivity contribution in [3.8, 4) is 0 Å². The SMILES string of the molecule is c1ccc(C(OCCOCCOCCOCCOCCOCCOC(c2ccccc2)(c2ccccc2)c2ccccc2)(c2ccccc2)c2ccccc2)cc1. The van der Waals surface area contributed by atoms with Crippen LogP contribution in [-0.4, -0.2) is 79.3 Å². The molecule has 0 atom stereocenters. The maximum atomic E-state index is 6.76. The van der Waals surface area contributed by atoms with Gasteiger partial charge in [-0.15, -0.1) is 0 Å². The lowest BCUT2D eigenvalue weighted by Gasteiger charge is -2.36. The third-order valence-corrected chi connectivity index (χ3v) is 9.66. The second-order valence-electron chi connectivity index (χ2n) is 13.3. The van der Waals surface area contributed by atoms with Crippen LogP contribution < -0.4 is 0 Å². The number of benzene rings is 6. The zero-order chi connectivity index (χ0) is 39.1. The number of hydrogen-bond acceptors (Lipinski definition) is 7. The lowest BCUT2D eigenvalue weighted by Crippen LogP contribution is -2.34. The van der Waals surface area contributed by atoms with E-state index < -0.39 is 11.2 Å². The molecular weight excluding hydrogens is 713 g/mol. The minimum Gasteiger partial charge on any atom is -0.377 e. The molecule has 6 aromatic rings. The van der Waals surface area contributed by atoms with E-state index >= 15 is 0 Å². The summed E-state index contributed by atoms with van der Waals surface area (Å²) in [5.41, 5.74) is 4.90. The van der Waals surface area contributed by atoms with Gasteiger partial charge in [-0.25, -0.2) is 0 Å². The van der Waals surface area contributed by atoms with Crippen molar-refractivity contribution >= 4 is 0 Å². The number of hydrogen-bond donors (Lipinski definition) is 0.